The molecular weight excluding hydrogens is 570 g/mol. The smallest absolute Gasteiger partial charge is 0.161 e. The third-order valence-corrected chi connectivity index (χ3v) is 8.15. The maximum atomic E-state index is 6.15. The second-order valence-electron chi connectivity index (χ2n) is 8.87. The van der Waals surface area contributed by atoms with Crippen LogP contribution in [-0.4, -0.2) is 42.6 Å². The lowest BCUT2D eigenvalue weighted by Crippen LogP contribution is -2.31. The van der Waals surface area contributed by atoms with E-state index in [1.807, 2.05) is 43.5 Å². The molecule has 4 rings (SSSR count). The summed E-state index contributed by atoms with van der Waals surface area (Å²) in [5.74, 6) is 3.28. The first-order valence-electron chi connectivity index (χ1n) is 12.1. The Hall–Kier alpha value is -2.38. The van der Waals surface area contributed by atoms with Crippen molar-refractivity contribution in [3.8, 4) is 11.5 Å². The normalized spacial score (nSPS) is 17.9. The predicted octanol–water partition coefficient (Wildman–Crippen LogP) is 6.69. The monoisotopic (exact) mass is 601 g/mol. The first kappa shape index (κ1) is 25.7. The molecule has 0 bridgehead atoms. The van der Waals surface area contributed by atoms with Gasteiger partial charge in [0.05, 0.1) is 23.3 Å². The van der Waals surface area contributed by atoms with Gasteiger partial charge in [0, 0.05) is 30.3 Å². The Morgan fingerprint density at radius 1 is 0.943 bits per heavy atom. The molecule has 0 radical (unpaired) electrons. The third-order valence-electron chi connectivity index (χ3n) is 6.14. The van der Waals surface area contributed by atoms with Crippen LogP contribution in [0.1, 0.15) is 37.8 Å². The maximum absolute atomic E-state index is 6.15. The molecule has 0 unspecified atom stereocenters. The van der Waals surface area contributed by atoms with Crippen LogP contribution in [0, 0.1) is 0 Å². The molecule has 186 valence electrons. The average molecular weight is 603 g/mol. The number of ether oxygens (including phenoxy) is 2. The highest BCUT2D eigenvalue weighted by Gasteiger charge is 2.30. The number of allylic oxidation sites excluding steroid dienone is 3. The molecule has 2 aliphatic rings. The standard InChI is InChI=1S/C28H33Br2N3O2/c1-4-34-24-7-5-6-8-25(24)35-18-17-32-15-16-33(19-21-9-11-22(12-10-21)20(2)3)28(32)27-26(30)23(29)13-14-31-27/h5-14,20,31H,4,15-19H2,1-3H3. The SMILES string of the molecule is CCOc1ccccc1OCCN1CCN(Cc2ccc(C(C)C)cc2)C1=C1NC=CC(Br)=C1Br. The highest BCUT2D eigenvalue weighted by Crippen LogP contribution is 2.34. The van der Waals surface area contributed by atoms with Crippen molar-refractivity contribution in [2.75, 3.05) is 32.8 Å². The van der Waals surface area contributed by atoms with Crippen molar-refractivity contribution in [2.45, 2.75) is 33.2 Å². The molecule has 35 heavy (non-hydrogen) atoms. The van der Waals surface area contributed by atoms with E-state index in [-0.39, 0.29) is 0 Å². The van der Waals surface area contributed by atoms with Gasteiger partial charge in [0.2, 0.25) is 0 Å². The topological polar surface area (TPSA) is 37.0 Å². The van der Waals surface area contributed by atoms with Crippen LogP contribution in [0.5, 0.6) is 11.5 Å². The van der Waals surface area contributed by atoms with Crippen molar-refractivity contribution in [3.63, 3.8) is 0 Å². The van der Waals surface area contributed by atoms with Crippen molar-refractivity contribution in [1.29, 1.82) is 0 Å². The highest BCUT2D eigenvalue weighted by molar-refractivity contribution is 9.14. The summed E-state index contributed by atoms with van der Waals surface area (Å²) >= 11 is 7.46. The Balaban J connectivity index is 1.53. The quantitative estimate of drug-likeness (QED) is 0.346. The molecule has 0 saturated carbocycles. The van der Waals surface area contributed by atoms with Gasteiger partial charge in [-0.05, 0) is 74.0 Å². The van der Waals surface area contributed by atoms with Crippen LogP contribution in [-0.2, 0) is 6.54 Å². The summed E-state index contributed by atoms with van der Waals surface area (Å²) in [7, 11) is 0. The molecule has 7 heteroatoms. The van der Waals surface area contributed by atoms with Gasteiger partial charge in [0.1, 0.15) is 12.4 Å². The van der Waals surface area contributed by atoms with Gasteiger partial charge in [-0.3, -0.25) is 0 Å². The lowest BCUT2D eigenvalue weighted by Gasteiger charge is -2.29. The van der Waals surface area contributed by atoms with E-state index in [4.69, 9.17) is 9.47 Å². The van der Waals surface area contributed by atoms with Crippen molar-refractivity contribution >= 4 is 31.9 Å². The van der Waals surface area contributed by atoms with Gasteiger partial charge in [-0.2, -0.15) is 0 Å². The summed E-state index contributed by atoms with van der Waals surface area (Å²) in [6.45, 7) is 11.1. The highest BCUT2D eigenvalue weighted by atomic mass is 79.9. The summed E-state index contributed by atoms with van der Waals surface area (Å²) in [4.78, 5) is 4.84. The number of rotatable bonds is 9. The van der Waals surface area contributed by atoms with Crippen molar-refractivity contribution < 1.29 is 9.47 Å². The first-order chi connectivity index (χ1) is 17.0. The Kier molecular flexibility index (Phi) is 8.84. The fourth-order valence-electron chi connectivity index (χ4n) is 4.30. The molecule has 2 aliphatic heterocycles. The summed E-state index contributed by atoms with van der Waals surface area (Å²) in [5, 5.41) is 3.47. The zero-order valence-corrected chi connectivity index (χ0v) is 23.7. The Bertz CT molecular complexity index is 1110. The number of nitrogens with zero attached hydrogens (tertiary/aromatic N) is 2. The second kappa shape index (κ2) is 12.0. The van der Waals surface area contributed by atoms with Crippen molar-refractivity contribution in [3.05, 3.63) is 92.4 Å². The fourth-order valence-corrected chi connectivity index (χ4v) is 5.05. The van der Waals surface area contributed by atoms with Crippen LogP contribution in [0.15, 0.2) is 81.3 Å². The van der Waals surface area contributed by atoms with Gasteiger partial charge >= 0.3 is 0 Å². The fraction of sp³-hybridized carbons (Fsp3) is 0.357. The number of nitrogens with one attached hydrogen (secondary N) is 1. The van der Waals surface area contributed by atoms with Gasteiger partial charge in [-0.1, -0.05) is 50.2 Å². The number of hydrogen-bond donors (Lipinski definition) is 1. The average Bonchev–Trinajstić information content (AvgIpc) is 3.24. The molecular formula is C28H33Br2N3O2. The number of para-hydroxylation sites is 2. The number of halogens is 2. The van der Waals surface area contributed by atoms with Crippen LogP contribution < -0.4 is 14.8 Å². The van der Waals surface area contributed by atoms with E-state index in [1.165, 1.54) is 16.9 Å². The molecule has 1 N–H and O–H groups in total. The Labute approximate surface area is 225 Å². The van der Waals surface area contributed by atoms with Gasteiger partial charge < -0.3 is 24.6 Å². The minimum atomic E-state index is 0.536. The number of hydrogen-bond acceptors (Lipinski definition) is 5. The minimum Gasteiger partial charge on any atom is -0.490 e. The van der Waals surface area contributed by atoms with E-state index in [9.17, 15) is 0 Å². The molecule has 0 amide bonds. The van der Waals surface area contributed by atoms with Crippen LogP contribution in [0.2, 0.25) is 0 Å². The lowest BCUT2D eigenvalue weighted by atomic mass is 10.0. The third kappa shape index (κ3) is 6.25. The van der Waals surface area contributed by atoms with E-state index in [0.29, 0.717) is 19.1 Å². The first-order valence-corrected chi connectivity index (χ1v) is 13.7. The molecule has 2 heterocycles. The van der Waals surface area contributed by atoms with Crippen LogP contribution in [0.3, 0.4) is 0 Å². The summed E-state index contributed by atoms with van der Waals surface area (Å²) in [6, 6.07) is 16.9. The van der Waals surface area contributed by atoms with Gasteiger partial charge in [0.15, 0.2) is 11.5 Å². The molecule has 0 atom stereocenters. The largest absolute Gasteiger partial charge is 0.490 e. The van der Waals surface area contributed by atoms with Crippen LogP contribution >= 0.6 is 31.9 Å². The summed E-state index contributed by atoms with van der Waals surface area (Å²) in [5.41, 5.74) is 3.74. The number of benzene rings is 2. The van der Waals surface area contributed by atoms with E-state index in [2.05, 4.69) is 85.1 Å². The Morgan fingerprint density at radius 2 is 1.63 bits per heavy atom. The van der Waals surface area contributed by atoms with Gasteiger partial charge in [-0.15, -0.1) is 0 Å². The second-order valence-corrected chi connectivity index (χ2v) is 10.5. The van der Waals surface area contributed by atoms with E-state index in [0.717, 1.165) is 52.3 Å². The zero-order chi connectivity index (χ0) is 24.8. The molecule has 1 fully saturated rings. The summed E-state index contributed by atoms with van der Waals surface area (Å²) < 4.78 is 13.9. The zero-order valence-electron chi connectivity index (χ0n) is 20.6. The van der Waals surface area contributed by atoms with Crippen LogP contribution in [0.4, 0.5) is 0 Å². The molecule has 5 nitrogen and oxygen atoms in total. The molecule has 2 aromatic rings. The van der Waals surface area contributed by atoms with E-state index in [1.54, 1.807) is 0 Å². The van der Waals surface area contributed by atoms with Crippen molar-refractivity contribution in [2.24, 2.45) is 0 Å². The molecule has 2 aromatic carbocycles. The molecule has 1 saturated heterocycles. The lowest BCUT2D eigenvalue weighted by molar-refractivity contribution is 0.233. The van der Waals surface area contributed by atoms with E-state index >= 15 is 0 Å². The minimum absolute atomic E-state index is 0.536. The predicted molar refractivity (Wildman–Crippen MR) is 150 cm³/mol. The molecule has 0 aliphatic carbocycles. The van der Waals surface area contributed by atoms with Gasteiger partial charge in [-0.25, -0.2) is 0 Å². The maximum Gasteiger partial charge on any atom is 0.161 e. The molecule has 0 spiro atoms. The van der Waals surface area contributed by atoms with E-state index < -0.39 is 0 Å². The molecule has 0 aromatic heterocycles. The Morgan fingerprint density at radius 3 is 2.31 bits per heavy atom. The van der Waals surface area contributed by atoms with Crippen molar-refractivity contribution in [1.82, 2.24) is 15.1 Å². The van der Waals surface area contributed by atoms with Crippen LogP contribution in [0.25, 0.3) is 0 Å². The number of dihydropyridines is 1. The van der Waals surface area contributed by atoms with Gasteiger partial charge in [0.25, 0.3) is 0 Å². The summed E-state index contributed by atoms with van der Waals surface area (Å²) in [6.07, 6.45) is 3.98.